The number of nitrogens with zero attached hydrogens (tertiary/aromatic N) is 5. The molecule has 0 aliphatic carbocycles. The van der Waals surface area contributed by atoms with E-state index in [0.717, 1.165) is 22.9 Å². The Morgan fingerprint density at radius 2 is 1.94 bits per heavy atom. The zero-order chi connectivity index (χ0) is 22.0. The predicted molar refractivity (Wildman–Crippen MR) is 109 cm³/mol. The summed E-state index contributed by atoms with van der Waals surface area (Å²) >= 11 is 0. The van der Waals surface area contributed by atoms with Gasteiger partial charge in [-0.3, -0.25) is 0 Å². The van der Waals surface area contributed by atoms with Gasteiger partial charge in [-0.1, -0.05) is 17.7 Å². The van der Waals surface area contributed by atoms with Gasteiger partial charge in [0, 0.05) is 25.3 Å². The Morgan fingerprint density at radius 1 is 1.16 bits per heavy atom. The van der Waals surface area contributed by atoms with E-state index >= 15 is 0 Å². The first kappa shape index (κ1) is 20.9. The summed E-state index contributed by atoms with van der Waals surface area (Å²) < 4.78 is 40.1. The smallest absolute Gasteiger partial charge is 0.355 e. The number of hydrogen-bond donors (Lipinski definition) is 2. The Morgan fingerprint density at radius 3 is 2.68 bits per heavy atom. The van der Waals surface area contributed by atoms with E-state index in [1.807, 2.05) is 36.1 Å². The van der Waals surface area contributed by atoms with Gasteiger partial charge in [0.25, 0.3) is 5.82 Å². The van der Waals surface area contributed by atoms with Crippen LogP contribution in [0.4, 0.5) is 29.5 Å². The van der Waals surface area contributed by atoms with Gasteiger partial charge in [-0.15, -0.1) is 15.3 Å². The van der Waals surface area contributed by atoms with E-state index in [-0.39, 0.29) is 17.6 Å². The fourth-order valence-corrected chi connectivity index (χ4v) is 3.61. The van der Waals surface area contributed by atoms with Crippen LogP contribution in [0.2, 0.25) is 0 Å². The minimum Gasteiger partial charge on any atom is -0.355 e. The van der Waals surface area contributed by atoms with Crippen LogP contribution >= 0.6 is 0 Å². The highest BCUT2D eigenvalue weighted by molar-refractivity contribution is 5.89. The molecular formula is C20H22F3N7O. The van der Waals surface area contributed by atoms with Gasteiger partial charge >= 0.3 is 12.2 Å². The SMILES string of the molecule is Cc1ccc(NC(=O)NCC2CCCN(c3ccc4nnc(C(F)(F)F)n4n3)C2)cc1. The molecule has 2 N–H and O–H groups in total. The third kappa shape index (κ3) is 4.86. The summed E-state index contributed by atoms with van der Waals surface area (Å²) in [5.74, 6) is -0.572. The minimum absolute atomic E-state index is 0.0408. The van der Waals surface area contributed by atoms with Gasteiger partial charge in [-0.2, -0.15) is 17.7 Å². The van der Waals surface area contributed by atoms with Gasteiger partial charge < -0.3 is 15.5 Å². The zero-order valence-corrected chi connectivity index (χ0v) is 16.9. The molecule has 1 aliphatic heterocycles. The first-order valence-corrected chi connectivity index (χ1v) is 9.96. The topological polar surface area (TPSA) is 87.5 Å². The van der Waals surface area contributed by atoms with Crippen molar-refractivity contribution in [2.24, 2.45) is 5.92 Å². The first-order valence-electron chi connectivity index (χ1n) is 9.96. The van der Waals surface area contributed by atoms with Crippen LogP contribution < -0.4 is 15.5 Å². The summed E-state index contributed by atoms with van der Waals surface area (Å²) in [6.45, 7) is 3.68. The van der Waals surface area contributed by atoms with E-state index in [4.69, 9.17) is 0 Å². The highest BCUT2D eigenvalue weighted by Gasteiger charge is 2.38. The number of carbonyl (C=O) groups is 1. The second-order valence-electron chi connectivity index (χ2n) is 7.64. The standard InChI is InChI=1S/C20H22F3N7O/c1-13-4-6-15(7-5-13)25-19(31)24-11-14-3-2-10-29(12-14)17-9-8-16-26-27-18(20(21,22)23)30(16)28-17/h4-9,14H,2-3,10-12H2,1H3,(H2,24,25,31). The summed E-state index contributed by atoms with van der Waals surface area (Å²) in [6, 6.07) is 10.3. The molecule has 2 aromatic heterocycles. The van der Waals surface area contributed by atoms with Gasteiger partial charge in [0.15, 0.2) is 5.65 Å². The number of nitrogens with one attached hydrogen (secondary N) is 2. The number of benzene rings is 1. The Labute approximate surface area is 176 Å². The van der Waals surface area contributed by atoms with Crippen LogP contribution in [0.5, 0.6) is 0 Å². The number of halogens is 3. The highest BCUT2D eigenvalue weighted by Crippen LogP contribution is 2.28. The molecule has 0 radical (unpaired) electrons. The molecule has 11 heteroatoms. The van der Waals surface area contributed by atoms with Crippen molar-refractivity contribution >= 4 is 23.2 Å². The van der Waals surface area contributed by atoms with Gasteiger partial charge in [-0.05, 0) is 49.9 Å². The highest BCUT2D eigenvalue weighted by atomic mass is 19.4. The summed E-state index contributed by atoms with van der Waals surface area (Å²) in [4.78, 5) is 14.1. The van der Waals surface area contributed by atoms with Crippen molar-refractivity contribution in [3.8, 4) is 0 Å². The summed E-state index contributed by atoms with van der Waals surface area (Å²) in [7, 11) is 0. The lowest BCUT2D eigenvalue weighted by molar-refractivity contribution is -0.146. The van der Waals surface area contributed by atoms with Crippen LogP contribution in [0.25, 0.3) is 5.65 Å². The molecule has 2 amide bonds. The normalized spacial score (nSPS) is 17.0. The monoisotopic (exact) mass is 433 g/mol. The maximum atomic E-state index is 13.1. The van der Waals surface area contributed by atoms with Crippen LogP contribution in [-0.2, 0) is 6.18 Å². The molecule has 3 heterocycles. The predicted octanol–water partition coefficient (Wildman–Crippen LogP) is 3.49. The molecule has 164 valence electrons. The quantitative estimate of drug-likeness (QED) is 0.658. The average molecular weight is 433 g/mol. The number of fused-ring (bicyclic) bond motifs is 1. The number of anilines is 2. The van der Waals surface area contributed by atoms with Crippen LogP contribution in [0.1, 0.15) is 24.2 Å². The van der Waals surface area contributed by atoms with E-state index in [1.54, 1.807) is 6.07 Å². The lowest BCUT2D eigenvalue weighted by Crippen LogP contribution is -2.42. The van der Waals surface area contributed by atoms with E-state index in [2.05, 4.69) is 25.9 Å². The maximum Gasteiger partial charge on any atom is 0.453 e. The summed E-state index contributed by atoms with van der Waals surface area (Å²) in [5, 5.41) is 16.5. The second kappa shape index (κ2) is 8.40. The number of aryl methyl sites for hydroxylation is 1. The van der Waals surface area contributed by atoms with Crippen LogP contribution in [0.15, 0.2) is 36.4 Å². The van der Waals surface area contributed by atoms with Gasteiger partial charge in [0.1, 0.15) is 5.82 Å². The number of aromatic nitrogens is 4. The molecule has 8 nitrogen and oxygen atoms in total. The van der Waals surface area contributed by atoms with Gasteiger partial charge in [-0.25, -0.2) is 4.79 Å². The van der Waals surface area contributed by atoms with Crippen molar-refractivity contribution in [3.63, 3.8) is 0 Å². The van der Waals surface area contributed by atoms with Crippen molar-refractivity contribution in [1.29, 1.82) is 0 Å². The third-order valence-electron chi connectivity index (χ3n) is 5.21. The molecule has 4 rings (SSSR count). The summed E-state index contributed by atoms with van der Waals surface area (Å²) in [6.07, 6.45) is -2.88. The number of amides is 2. The minimum atomic E-state index is -4.63. The number of carbonyl (C=O) groups excluding carboxylic acids is 1. The lowest BCUT2D eigenvalue weighted by atomic mass is 9.98. The van der Waals surface area contributed by atoms with Crippen molar-refractivity contribution in [2.75, 3.05) is 29.9 Å². The molecule has 0 saturated carbocycles. The van der Waals surface area contributed by atoms with Gasteiger partial charge in [0.2, 0.25) is 0 Å². The van der Waals surface area contributed by atoms with Crippen molar-refractivity contribution in [3.05, 3.63) is 47.8 Å². The van der Waals surface area contributed by atoms with E-state index in [9.17, 15) is 18.0 Å². The molecule has 3 aromatic rings. The molecule has 1 atom stereocenters. The van der Waals surface area contributed by atoms with Crippen LogP contribution in [0.3, 0.4) is 0 Å². The second-order valence-corrected chi connectivity index (χ2v) is 7.64. The third-order valence-corrected chi connectivity index (χ3v) is 5.21. The average Bonchev–Trinajstić information content (AvgIpc) is 3.18. The number of hydrogen-bond acceptors (Lipinski definition) is 5. The van der Waals surface area contributed by atoms with Crippen molar-refractivity contribution < 1.29 is 18.0 Å². The van der Waals surface area contributed by atoms with E-state index in [0.29, 0.717) is 31.1 Å². The maximum absolute atomic E-state index is 13.1. The molecule has 0 spiro atoms. The van der Waals surface area contributed by atoms with E-state index < -0.39 is 12.0 Å². The Bertz CT molecular complexity index is 1060. The summed E-state index contributed by atoms with van der Waals surface area (Å²) in [5.41, 5.74) is 1.85. The van der Waals surface area contributed by atoms with E-state index in [1.165, 1.54) is 6.07 Å². The van der Waals surface area contributed by atoms with Crippen molar-refractivity contribution in [2.45, 2.75) is 25.9 Å². The number of alkyl halides is 3. The lowest BCUT2D eigenvalue weighted by Gasteiger charge is -2.33. The van der Waals surface area contributed by atoms with Gasteiger partial charge in [0.05, 0.1) is 0 Å². The molecule has 1 aliphatic rings. The fraction of sp³-hybridized carbons (Fsp3) is 0.400. The fourth-order valence-electron chi connectivity index (χ4n) is 3.61. The number of urea groups is 1. The molecule has 1 fully saturated rings. The molecule has 1 unspecified atom stereocenters. The largest absolute Gasteiger partial charge is 0.453 e. The van der Waals surface area contributed by atoms with Crippen LogP contribution in [-0.4, -0.2) is 45.5 Å². The number of rotatable bonds is 4. The van der Waals surface area contributed by atoms with Crippen LogP contribution in [0, 0.1) is 12.8 Å². The molecule has 31 heavy (non-hydrogen) atoms. The Kier molecular flexibility index (Phi) is 5.66. The zero-order valence-electron chi connectivity index (χ0n) is 16.9. The molecular weight excluding hydrogens is 411 g/mol. The van der Waals surface area contributed by atoms with Crippen molar-refractivity contribution in [1.82, 2.24) is 25.1 Å². The number of piperidine rings is 1. The molecule has 1 saturated heterocycles. The Balaban J connectivity index is 1.38. The first-order chi connectivity index (χ1) is 14.8. The molecule has 0 bridgehead atoms. The molecule has 1 aromatic carbocycles. The Hall–Kier alpha value is -3.37.